The lowest BCUT2D eigenvalue weighted by Gasteiger charge is -2.22. The van der Waals surface area contributed by atoms with Crippen molar-refractivity contribution in [3.8, 4) is 0 Å². The molecule has 1 saturated heterocycles. The first-order valence-electron chi connectivity index (χ1n) is 4.37. The van der Waals surface area contributed by atoms with Crippen LogP contribution in [0, 0.1) is 0 Å². The van der Waals surface area contributed by atoms with Crippen LogP contribution in [-0.4, -0.2) is 19.3 Å². The van der Waals surface area contributed by atoms with E-state index in [1.54, 1.807) is 0 Å². The van der Waals surface area contributed by atoms with Crippen LogP contribution in [0.25, 0.3) is 0 Å². The molecular formula is C8H20N2. The zero-order chi connectivity index (χ0) is 7.82. The Hall–Kier alpha value is -0.0800. The molecule has 1 unspecified atom stereocenters. The van der Waals surface area contributed by atoms with E-state index >= 15 is 0 Å². The minimum atomic E-state index is 0.774. The molecule has 1 atom stereocenters. The first-order valence-corrected chi connectivity index (χ1v) is 4.37. The molecule has 1 aliphatic heterocycles. The fraction of sp³-hybridized carbons (Fsp3) is 1.00. The van der Waals surface area contributed by atoms with Gasteiger partial charge < -0.3 is 10.6 Å². The molecule has 0 spiro atoms. The molecule has 0 radical (unpaired) electrons. The third-order valence-corrected chi connectivity index (χ3v) is 1.68. The lowest BCUT2D eigenvalue weighted by atomic mass is 10.1. The minimum Gasteiger partial charge on any atom is -0.304 e. The number of rotatable bonds is 1. The van der Waals surface area contributed by atoms with E-state index in [2.05, 4.69) is 17.6 Å². The van der Waals surface area contributed by atoms with Gasteiger partial charge >= 0.3 is 0 Å². The Bertz CT molecular complexity index is 58.3. The summed E-state index contributed by atoms with van der Waals surface area (Å²) in [6, 6.07) is 0.774. The molecule has 0 amide bonds. The van der Waals surface area contributed by atoms with Crippen LogP contribution in [0.15, 0.2) is 0 Å². The van der Waals surface area contributed by atoms with Crippen LogP contribution in [0.1, 0.15) is 33.6 Å². The molecule has 1 aliphatic rings. The molecule has 2 nitrogen and oxygen atoms in total. The van der Waals surface area contributed by atoms with Crippen molar-refractivity contribution in [2.45, 2.75) is 39.7 Å². The molecule has 1 heterocycles. The molecule has 0 aromatic carbocycles. The molecule has 0 bridgehead atoms. The van der Waals surface area contributed by atoms with Gasteiger partial charge in [-0.15, -0.1) is 0 Å². The molecule has 2 heteroatoms. The number of hydrogen-bond donors (Lipinski definition) is 2. The average molecular weight is 144 g/mol. The summed E-state index contributed by atoms with van der Waals surface area (Å²) in [5.74, 6) is 0. The molecule has 10 heavy (non-hydrogen) atoms. The van der Waals surface area contributed by atoms with Gasteiger partial charge in [0.15, 0.2) is 0 Å². The predicted molar refractivity (Wildman–Crippen MR) is 46.0 cm³/mol. The molecule has 0 aromatic heterocycles. The van der Waals surface area contributed by atoms with E-state index in [-0.39, 0.29) is 0 Å². The Kier molecular flexibility index (Phi) is 6.98. The normalized spacial score (nSPS) is 24.9. The van der Waals surface area contributed by atoms with Crippen LogP contribution in [0.3, 0.4) is 0 Å². The number of nitrogens with one attached hydrogen (secondary N) is 2. The van der Waals surface area contributed by atoms with Crippen molar-refractivity contribution in [3.63, 3.8) is 0 Å². The van der Waals surface area contributed by atoms with Crippen LogP contribution in [0.2, 0.25) is 0 Å². The summed E-state index contributed by atoms with van der Waals surface area (Å²) in [7, 11) is 0. The van der Waals surface area contributed by atoms with Gasteiger partial charge in [-0.2, -0.15) is 0 Å². The smallest absolute Gasteiger partial charge is 0.0456 e. The molecule has 62 valence electrons. The van der Waals surface area contributed by atoms with Crippen molar-refractivity contribution >= 4 is 0 Å². The highest BCUT2D eigenvalue weighted by Crippen LogP contribution is 1.97. The first kappa shape index (κ1) is 9.92. The first-order chi connectivity index (χ1) is 4.93. The Labute approximate surface area is 64.4 Å². The van der Waals surface area contributed by atoms with Gasteiger partial charge in [-0.05, 0) is 19.4 Å². The fourth-order valence-corrected chi connectivity index (χ4v) is 1.03. The van der Waals surface area contributed by atoms with Gasteiger partial charge in [-0.3, -0.25) is 0 Å². The summed E-state index contributed by atoms with van der Waals surface area (Å²) in [4.78, 5) is 0. The Morgan fingerprint density at radius 3 is 2.40 bits per heavy atom. The molecular weight excluding hydrogens is 124 g/mol. The topological polar surface area (TPSA) is 24.1 Å². The third kappa shape index (κ3) is 3.85. The van der Waals surface area contributed by atoms with Crippen molar-refractivity contribution in [2.24, 2.45) is 0 Å². The van der Waals surface area contributed by atoms with E-state index in [0.29, 0.717) is 0 Å². The predicted octanol–water partition coefficient (Wildman–Crippen LogP) is 1.33. The Morgan fingerprint density at radius 2 is 2.10 bits per heavy atom. The Balaban J connectivity index is 0.000000371. The highest BCUT2D eigenvalue weighted by molar-refractivity contribution is 4.69. The summed E-state index contributed by atoms with van der Waals surface area (Å²) < 4.78 is 0. The van der Waals surface area contributed by atoms with Gasteiger partial charge in [-0.25, -0.2) is 0 Å². The van der Waals surface area contributed by atoms with Crippen molar-refractivity contribution in [1.82, 2.24) is 10.6 Å². The van der Waals surface area contributed by atoms with Gasteiger partial charge in [0.25, 0.3) is 0 Å². The summed E-state index contributed by atoms with van der Waals surface area (Å²) in [5, 5.41) is 6.60. The van der Waals surface area contributed by atoms with Gasteiger partial charge in [0.05, 0.1) is 0 Å². The van der Waals surface area contributed by atoms with Crippen LogP contribution in [0.4, 0.5) is 0 Å². The quantitative estimate of drug-likeness (QED) is 0.580. The van der Waals surface area contributed by atoms with E-state index in [9.17, 15) is 0 Å². The zero-order valence-electron chi connectivity index (χ0n) is 7.41. The fourth-order valence-electron chi connectivity index (χ4n) is 1.03. The van der Waals surface area contributed by atoms with E-state index in [4.69, 9.17) is 0 Å². The SMILES string of the molecule is CC.CCC1CCNCN1. The third-order valence-electron chi connectivity index (χ3n) is 1.68. The molecule has 1 fully saturated rings. The average Bonchev–Trinajstić information content (AvgIpc) is 2.10. The van der Waals surface area contributed by atoms with Crippen molar-refractivity contribution < 1.29 is 0 Å². The van der Waals surface area contributed by atoms with Crippen molar-refractivity contribution in [1.29, 1.82) is 0 Å². The van der Waals surface area contributed by atoms with Crippen LogP contribution in [-0.2, 0) is 0 Å². The van der Waals surface area contributed by atoms with Gasteiger partial charge in [-0.1, -0.05) is 20.8 Å². The highest BCUT2D eigenvalue weighted by Gasteiger charge is 2.07. The van der Waals surface area contributed by atoms with Gasteiger partial charge in [0.2, 0.25) is 0 Å². The highest BCUT2D eigenvalue weighted by atomic mass is 15.1. The maximum absolute atomic E-state index is 3.36. The minimum absolute atomic E-state index is 0.774. The van der Waals surface area contributed by atoms with Crippen LogP contribution >= 0.6 is 0 Å². The summed E-state index contributed by atoms with van der Waals surface area (Å²) in [6.07, 6.45) is 2.55. The van der Waals surface area contributed by atoms with E-state index in [1.807, 2.05) is 13.8 Å². The molecule has 1 rings (SSSR count). The van der Waals surface area contributed by atoms with E-state index in [1.165, 1.54) is 19.4 Å². The van der Waals surface area contributed by atoms with Crippen molar-refractivity contribution in [3.05, 3.63) is 0 Å². The summed E-state index contributed by atoms with van der Waals surface area (Å²) >= 11 is 0. The molecule has 2 N–H and O–H groups in total. The summed E-state index contributed by atoms with van der Waals surface area (Å²) in [5.41, 5.74) is 0. The number of hydrogen-bond acceptors (Lipinski definition) is 2. The maximum atomic E-state index is 3.36. The second kappa shape index (κ2) is 7.03. The molecule has 0 saturated carbocycles. The lowest BCUT2D eigenvalue weighted by Crippen LogP contribution is -2.44. The largest absolute Gasteiger partial charge is 0.304 e. The van der Waals surface area contributed by atoms with E-state index < -0.39 is 0 Å². The standard InChI is InChI=1S/C6H14N2.C2H6/c1-2-6-3-4-7-5-8-6;1-2/h6-8H,2-5H2,1H3;1-2H3. The lowest BCUT2D eigenvalue weighted by molar-refractivity contribution is 0.381. The maximum Gasteiger partial charge on any atom is 0.0456 e. The Morgan fingerprint density at radius 1 is 1.40 bits per heavy atom. The monoisotopic (exact) mass is 144 g/mol. The van der Waals surface area contributed by atoms with Crippen LogP contribution in [0.5, 0.6) is 0 Å². The van der Waals surface area contributed by atoms with Crippen LogP contribution < -0.4 is 10.6 Å². The van der Waals surface area contributed by atoms with Crippen molar-refractivity contribution in [2.75, 3.05) is 13.2 Å². The second-order valence-corrected chi connectivity index (χ2v) is 2.27. The zero-order valence-corrected chi connectivity index (χ0v) is 7.41. The summed E-state index contributed by atoms with van der Waals surface area (Å²) in [6.45, 7) is 8.41. The van der Waals surface area contributed by atoms with Gasteiger partial charge in [0, 0.05) is 12.7 Å². The molecule has 0 aromatic rings. The van der Waals surface area contributed by atoms with E-state index in [0.717, 1.165) is 12.7 Å². The molecule has 0 aliphatic carbocycles. The second-order valence-electron chi connectivity index (χ2n) is 2.27. The van der Waals surface area contributed by atoms with Gasteiger partial charge in [0.1, 0.15) is 0 Å².